The van der Waals surface area contributed by atoms with Crippen LogP contribution in [0.25, 0.3) is 0 Å². The summed E-state index contributed by atoms with van der Waals surface area (Å²) in [6, 6.07) is 20.2. The fourth-order valence-corrected chi connectivity index (χ4v) is 11.5. The average Bonchev–Trinajstić information content (AvgIpc) is 3.80. The summed E-state index contributed by atoms with van der Waals surface area (Å²) < 4.78 is 11.6. The first-order valence-corrected chi connectivity index (χ1v) is 17.8. The third kappa shape index (κ3) is 4.86. The number of aryl methyl sites for hydroxylation is 1. The van der Waals surface area contributed by atoms with E-state index in [1.165, 1.54) is 16.2 Å². The van der Waals surface area contributed by atoms with Crippen LogP contribution in [-0.4, -0.2) is 34.6 Å². The van der Waals surface area contributed by atoms with E-state index in [0.29, 0.717) is 28.6 Å². The Hall–Kier alpha value is -3.86. The second-order valence-corrected chi connectivity index (χ2v) is 15.3. The van der Waals surface area contributed by atoms with E-state index in [1.54, 1.807) is 43.0 Å². The number of fused-ring (bicyclic) bond motifs is 9. The number of rotatable bonds is 7. The summed E-state index contributed by atoms with van der Waals surface area (Å²) in [5.41, 5.74) is 3.92. The molecule has 240 valence electrons. The molecule has 2 saturated carbocycles. The number of nitrogens with zero attached hydrogens (tertiary/aromatic N) is 1. The van der Waals surface area contributed by atoms with Gasteiger partial charge >= 0.3 is 10.8 Å². The van der Waals surface area contributed by atoms with Crippen molar-refractivity contribution in [2.24, 2.45) is 29.6 Å². The molecular formula is C36H31ClN2O6S2. The van der Waals surface area contributed by atoms with Crippen LogP contribution in [0.15, 0.2) is 76.6 Å². The number of halogens is 1. The quantitative estimate of drug-likeness (QED) is 0.168. The first-order chi connectivity index (χ1) is 22.7. The van der Waals surface area contributed by atoms with E-state index >= 15 is 0 Å². The summed E-state index contributed by atoms with van der Waals surface area (Å²) >= 11 is 9.48. The molecule has 2 amide bonds. The number of anilines is 1. The molecule has 8 rings (SSSR count). The Balaban J connectivity index is 1.16. The Kier molecular flexibility index (Phi) is 7.57. The third-order valence-corrected chi connectivity index (χ3v) is 13.1. The minimum atomic E-state index is -0.464. The van der Waals surface area contributed by atoms with Gasteiger partial charge in [0.2, 0.25) is 11.8 Å². The number of hydrogen-bond donors (Lipinski definition) is 1. The van der Waals surface area contributed by atoms with Crippen LogP contribution in [0.2, 0.25) is 5.02 Å². The van der Waals surface area contributed by atoms with Crippen LogP contribution in [0.5, 0.6) is 5.75 Å². The molecule has 11 heteroatoms. The average molecular weight is 687 g/mol. The van der Waals surface area contributed by atoms with E-state index in [0.717, 1.165) is 33.0 Å². The second kappa shape index (κ2) is 11.7. The Morgan fingerprint density at radius 3 is 2.49 bits per heavy atom. The SMILES string of the molecule is CCOC(=O)c1ccc(N2C(=O)[C@H]3[C@H]4C[C@@H]([C@@H]3C2=O)[C@H]2[C@H](c3cc(Cl)ccc3OCc3ccccc3C)c3sc(=O)[nH]c3S[C@H]42)cc1. The van der Waals surface area contributed by atoms with Gasteiger partial charge in [-0.05, 0) is 91.6 Å². The zero-order chi connectivity index (χ0) is 32.6. The molecule has 1 N–H and O–H groups in total. The van der Waals surface area contributed by atoms with Gasteiger partial charge in [-0.1, -0.05) is 47.2 Å². The van der Waals surface area contributed by atoms with Crippen LogP contribution in [-0.2, 0) is 20.9 Å². The molecule has 4 aliphatic rings. The van der Waals surface area contributed by atoms with Gasteiger partial charge < -0.3 is 14.5 Å². The molecule has 3 heterocycles. The smallest absolute Gasteiger partial charge is 0.338 e. The number of carbonyl (C=O) groups excluding carboxylic acids is 3. The molecule has 47 heavy (non-hydrogen) atoms. The molecule has 1 saturated heterocycles. The van der Waals surface area contributed by atoms with Crippen molar-refractivity contribution in [1.29, 1.82) is 0 Å². The van der Waals surface area contributed by atoms with Gasteiger partial charge in [0.25, 0.3) is 0 Å². The van der Waals surface area contributed by atoms with Crippen LogP contribution in [0, 0.1) is 36.5 Å². The number of ether oxygens (including phenoxy) is 2. The number of aromatic amines is 1. The molecular weight excluding hydrogens is 656 g/mol. The van der Waals surface area contributed by atoms with Crippen LogP contribution in [0.4, 0.5) is 5.69 Å². The van der Waals surface area contributed by atoms with Crippen molar-refractivity contribution in [1.82, 2.24) is 4.98 Å². The zero-order valence-electron chi connectivity index (χ0n) is 25.6. The van der Waals surface area contributed by atoms with Crippen molar-refractivity contribution in [3.63, 3.8) is 0 Å². The molecule has 0 unspecified atom stereocenters. The van der Waals surface area contributed by atoms with Crippen LogP contribution in [0.3, 0.4) is 0 Å². The largest absolute Gasteiger partial charge is 0.489 e. The number of thioether (sulfide) groups is 1. The van der Waals surface area contributed by atoms with Gasteiger partial charge in [-0.25, -0.2) is 4.79 Å². The summed E-state index contributed by atoms with van der Waals surface area (Å²) in [5, 5.41) is 1.41. The van der Waals surface area contributed by atoms with E-state index in [4.69, 9.17) is 21.1 Å². The molecule has 7 atom stereocenters. The maximum Gasteiger partial charge on any atom is 0.338 e. The van der Waals surface area contributed by atoms with Gasteiger partial charge in [-0.2, -0.15) is 0 Å². The van der Waals surface area contributed by atoms with Crippen LogP contribution < -0.4 is 14.5 Å². The lowest BCUT2D eigenvalue weighted by Gasteiger charge is -2.43. The Bertz CT molecular complexity index is 1990. The van der Waals surface area contributed by atoms with Gasteiger partial charge in [0.15, 0.2) is 0 Å². The lowest BCUT2D eigenvalue weighted by Crippen LogP contribution is -2.42. The number of esters is 1. The number of H-pyrrole nitrogens is 1. The number of nitrogens with one attached hydrogen (secondary N) is 1. The summed E-state index contributed by atoms with van der Waals surface area (Å²) in [5.74, 6) is -1.39. The first kappa shape index (κ1) is 30.5. The maximum absolute atomic E-state index is 14.2. The van der Waals surface area contributed by atoms with E-state index in [2.05, 4.69) is 18.0 Å². The van der Waals surface area contributed by atoms with Crippen LogP contribution >= 0.6 is 34.7 Å². The normalized spacial score (nSPS) is 27.0. The van der Waals surface area contributed by atoms with E-state index < -0.39 is 17.8 Å². The molecule has 3 fully saturated rings. The Morgan fingerprint density at radius 1 is 1.00 bits per heavy atom. The fraction of sp³-hybridized carbons (Fsp3) is 0.333. The fourth-order valence-electron chi connectivity index (χ4n) is 8.40. The van der Waals surface area contributed by atoms with Gasteiger partial charge in [-0.3, -0.25) is 19.3 Å². The highest BCUT2D eigenvalue weighted by Gasteiger charge is 2.69. The summed E-state index contributed by atoms with van der Waals surface area (Å²) in [4.78, 5) is 58.4. The second-order valence-electron chi connectivity index (χ2n) is 12.6. The molecule has 2 aliphatic heterocycles. The van der Waals surface area contributed by atoms with Crippen molar-refractivity contribution in [3.05, 3.63) is 109 Å². The molecule has 2 aliphatic carbocycles. The molecule has 0 spiro atoms. The van der Waals surface area contributed by atoms with Crippen molar-refractivity contribution in [3.8, 4) is 5.75 Å². The topological polar surface area (TPSA) is 106 Å². The minimum absolute atomic E-state index is 0.00707. The van der Waals surface area contributed by atoms with Crippen molar-refractivity contribution >= 4 is 58.2 Å². The molecule has 0 radical (unpaired) electrons. The third-order valence-electron chi connectivity index (χ3n) is 10.3. The van der Waals surface area contributed by atoms with Crippen molar-refractivity contribution in [2.45, 2.75) is 43.1 Å². The molecule has 4 aromatic rings. The molecule has 8 nitrogen and oxygen atoms in total. The Labute approximate surface area is 284 Å². The number of amides is 2. The van der Waals surface area contributed by atoms with Gasteiger partial charge in [0, 0.05) is 26.6 Å². The highest BCUT2D eigenvalue weighted by Crippen LogP contribution is 2.69. The maximum atomic E-state index is 14.2. The van der Waals surface area contributed by atoms with Crippen molar-refractivity contribution in [2.75, 3.05) is 11.5 Å². The monoisotopic (exact) mass is 686 g/mol. The van der Waals surface area contributed by atoms with E-state index in [-0.39, 0.29) is 52.2 Å². The lowest BCUT2D eigenvalue weighted by molar-refractivity contribution is -0.123. The number of carbonyl (C=O) groups is 3. The van der Waals surface area contributed by atoms with E-state index in [1.807, 2.05) is 36.4 Å². The summed E-state index contributed by atoms with van der Waals surface area (Å²) in [7, 11) is 0. The lowest BCUT2D eigenvalue weighted by atomic mass is 9.68. The number of benzene rings is 3. The number of hydrogen-bond acceptors (Lipinski definition) is 8. The summed E-state index contributed by atoms with van der Waals surface area (Å²) in [6.45, 7) is 4.43. The van der Waals surface area contributed by atoms with Crippen molar-refractivity contribution < 1.29 is 23.9 Å². The number of imide groups is 1. The van der Waals surface area contributed by atoms with E-state index in [9.17, 15) is 19.2 Å². The molecule has 2 bridgehead atoms. The number of aromatic nitrogens is 1. The highest BCUT2D eigenvalue weighted by molar-refractivity contribution is 8.00. The summed E-state index contributed by atoms with van der Waals surface area (Å²) in [6.07, 6.45) is 0.764. The predicted molar refractivity (Wildman–Crippen MR) is 180 cm³/mol. The first-order valence-electron chi connectivity index (χ1n) is 15.8. The number of thiazole rings is 1. The molecule has 3 aromatic carbocycles. The predicted octanol–water partition coefficient (Wildman–Crippen LogP) is 6.83. The standard InChI is InChI=1S/C36H31ClN2O6S2/c1-3-44-35(42)18-8-11-21(12-9-18)39-33(40)28-23-15-24(29(28)34(39)41)30-27(23)26(31-32(46-30)38-36(43)47-31)22-14-20(37)10-13-25(22)45-16-19-7-5-4-6-17(19)2/h4-14,23-24,26-30H,3,15-16H2,1-2H3,(H,38,43)/t23-,24-,26+,27+,28+,29+,30-/m1/s1. The van der Waals surface area contributed by atoms with Gasteiger partial charge in [0.05, 0.1) is 34.7 Å². The van der Waals surface area contributed by atoms with Gasteiger partial charge in [-0.15, -0.1) is 11.8 Å². The molecule has 1 aromatic heterocycles. The highest BCUT2D eigenvalue weighted by atomic mass is 35.5. The minimum Gasteiger partial charge on any atom is -0.489 e. The Morgan fingerprint density at radius 2 is 1.74 bits per heavy atom. The zero-order valence-corrected chi connectivity index (χ0v) is 28.0. The van der Waals surface area contributed by atoms with Crippen LogP contribution in [0.1, 0.15) is 51.2 Å². The van der Waals surface area contributed by atoms with Gasteiger partial charge in [0.1, 0.15) is 12.4 Å².